The average molecular weight is 353 g/mol. The number of rotatable bonds is 6. The maximum atomic E-state index is 12.5. The van der Waals surface area contributed by atoms with Crippen molar-refractivity contribution in [2.75, 3.05) is 26.3 Å². The first-order valence-electron chi connectivity index (χ1n) is 7.41. The number of nitrogens with one attached hydrogen (secondary N) is 1. The van der Waals surface area contributed by atoms with E-state index in [0.29, 0.717) is 44.3 Å². The van der Waals surface area contributed by atoms with Crippen LogP contribution >= 0.6 is 11.3 Å². The highest BCUT2D eigenvalue weighted by molar-refractivity contribution is 7.89. The lowest BCUT2D eigenvalue weighted by Crippen LogP contribution is -2.40. The van der Waals surface area contributed by atoms with Crippen LogP contribution in [0.1, 0.15) is 11.3 Å². The standard InChI is InChI=1S/C15H19N3O3S2/c19-23(20,18-5-7-21-8-6-18)15-3-1-13(2-4-15)9-16-10-14-11-22-12-17-14/h1-4,11-12,16H,5-10H2. The predicted octanol–water partition coefficient (Wildman–Crippen LogP) is 1.45. The van der Waals surface area contributed by atoms with Crippen molar-refractivity contribution in [1.82, 2.24) is 14.6 Å². The summed E-state index contributed by atoms with van der Waals surface area (Å²) >= 11 is 1.57. The quantitative estimate of drug-likeness (QED) is 0.851. The van der Waals surface area contributed by atoms with Crippen molar-refractivity contribution in [3.63, 3.8) is 0 Å². The topological polar surface area (TPSA) is 71.5 Å². The SMILES string of the molecule is O=S(=O)(c1ccc(CNCc2cscn2)cc1)N1CCOCC1. The van der Waals surface area contributed by atoms with Gasteiger partial charge in [-0.1, -0.05) is 12.1 Å². The lowest BCUT2D eigenvalue weighted by Gasteiger charge is -2.26. The van der Waals surface area contributed by atoms with Crippen LogP contribution in [0.2, 0.25) is 0 Å². The van der Waals surface area contributed by atoms with Crippen molar-refractivity contribution in [2.24, 2.45) is 0 Å². The number of hydrogen-bond donors (Lipinski definition) is 1. The summed E-state index contributed by atoms with van der Waals surface area (Å²) in [6.07, 6.45) is 0. The molecule has 2 heterocycles. The van der Waals surface area contributed by atoms with Gasteiger partial charge >= 0.3 is 0 Å². The smallest absolute Gasteiger partial charge is 0.243 e. The Bertz CT molecular complexity index is 709. The van der Waals surface area contributed by atoms with E-state index in [1.165, 1.54) is 4.31 Å². The highest BCUT2D eigenvalue weighted by atomic mass is 32.2. The van der Waals surface area contributed by atoms with Crippen molar-refractivity contribution < 1.29 is 13.2 Å². The van der Waals surface area contributed by atoms with Crippen LogP contribution in [0.25, 0.3) is 0 Å². The number of thiazole rings is 1. The van der Waals surface area contributed by atoms with E-state index >= 15 is 0 Å². The van der Waals surface area contributed by atoms with E-state index < -0.39 is 10.0 Å². The van der Waals surface area contributed by atoms with Gasteiger partial charge in [0.25, 0.3) is 0 Å². The van der Waals surface area contributed by atoms with Crippen molar-refractivity contribution in [3.8, 4) is 0 Å². The summed E-state index contributed by atoms with van der Waals surface area (Å²) in [7, 11) is -3.41. The molecule has 1 N–H and O–H groups in total. The van der Waals surface area contributed by atoms with E-state index in [-0.39, 0.29) is 0 Å². The first-order valence-corrected chi connectivity index (χ1v) is 9.79. The van der Waals surface area contributed by atoms with Crippen LogP contribution in [-0.4, -0.2) is 44.0 Å². The average Bonchev–Trinajstić information content (AvgIpc) is 3.10. The molecule has 6 nitrogen and oxygen atoms in total. The largest absolute Gasteiger partial charge is 0.379 e. The molecule has 0 aliphatic carbocycles. The van der Waals surface area contributed by atoms with Gasteiger partial charge in [0.1, 0.15) is 0 Å². The molecule has 1 aromatic carbocycles. The fourth-order valence-corrected chi connectivity index (χ4v) is 4.34. The zero-order chi connectivity index (χ0) is 16.1. The fourth-order valence-electron chi connectivity index (χ4n) is 2.38. The summed E-state index contributed by atoms with van der Waals surface area (Å²) in [5.41, 5.74) is 3.87. The van der Waals surface area contributed by atoms with Gasteiger partial charge < -0.3 is 10.1 Å². The Morgan fingerprint density at radius 2 is 1.91 bits per heavy atom. The van der Waals surface area contributed by atoms with Crippen LogP contribution in [0, 0.1) is 0 Å². The zero-order valence-electron chi connectivity index (χ0n) is 12.6. The van der Waals surface area contributed by atoms with Gasteiger partial charge in [0.2, 0.25) is 10.0 Å². The lowest BCUT2D eigenvalue weighted by molar-refractivity contribution is 0.0730. The zero-order valence-corrected chi connectivity index (χ0v) is 14.3. The van der Waals surface area contributed by atoms with Gasteiger partial charge in [-0.05, 0) is 17.7 Å². The molecular formula is C15H19N3O3S2. The Labute approximate surface area is 140 Å². The first-order chi connectivity index (χ1) is 11.2. The van der Waals surface area contributed by atoms with E-state index in [1.54, 1.807) is 23.5 Å². The van der Waals surface area contributed by atoms with Gasteiger partial charge in [-0.25, -0.2) is 13.4 Å². The molecule has 1 saturated heterocycles. The van der Waals surface area contributed by atoms with Crippen molar-refractivity contribution in [2.45, 2.75) is 18.0 Å². The molecular weight excluding hydrogens is 334 g/mol. The molecule has 0 amide bonds. The van der Waals surface area contributed by atoms with Gasteiger partial charge in [-0.15, -0.1) is 11.3 Å². The number of benzene rings is 1. The summed E-state index contributed by atoms with van der Waals surface area (Å²) in [4.78, 5) is 4.54. The summed E-state index contributed by atoms with van der Waals surface area (Å²) in [6.45, 7) is 3.13. The van der Waals surface area contributed by atoms with Crippen LogP contribution in [0.15, 0.2) is 40.1 Å². The maximum Gasteiger partial charge on any atom is 0.243 e. The summed E-state index contributed by atoms with van der Waals surface area (Å²) in [6, 6.07) is 7.04. The molecule has 1 aromatic heterocycles. The maximum absolute atomic E-state index is 12.5. The summed E-state index contributed by atoms with van der Waals surface area (Å²) in [5, 5.41) is 5.30. The molecule has 0 bridgehead atoms. The molecule has 1 aliphatic heterocycles. The molecule has 0 radical (unpaired) electrons. The molecule has 0 spiro atoms. The Hall–Kier alpha value is -1.32. The van der Waals surface area contributed by atoms with Gasteiger partial charge in [0.15, 0.2) is 0 Å². The lowest BCUT2D eigenvalue weighted by atomic mass is 10.2. The number of sulfonamides is 1. The fraction of sp³-hybridized carbons (Fsp3) is 0.400. The van der Waals surface area contributed by atoms with Crippen molar-refractivity contribution in [1.29, 1.82) is 0 Å². The van der Waals surface area contributed by atoms with Gasteiger partial charge in [-0.2, -0.15) is 4.31 Å². The first kappa shape index (κ1) is 16.5. The summed E-state index contributed by atoms with van der Waals surface area (Å²) in [5.74, 6) is 0. The second-order valence-corrected chi connectivity index (χ2v) is 7.90. The predicted molar refractivity (Wildman–Crippen MR) is 88.7 cm³/mol. The second kappa shape index (κ2) is 7.50. The van der Waals surface area contributed by atoms with Crippen LogP contribution < -0.4 is 5.32 Å². The minimum atomic E-state index is -3.41. The van der Waals surface area contributed by atoms with Crippen molar-refractivity contribution in [3.05, 3.63) is 46.4 Å². The molecule has 124 valence electrons. The van der Waals surface area contributed by atoms with E-state index in [4.69, 9.17) is 4.74 Å². The van der Waals surface area contributed by atoms with E-state index in [2.05, 4.69) is 10.3 Å². The van der Waals surface area contributed by atoms with Gasteiger partial charge in [0.05, 0.1) is 29.3 Å². The third kappa shape index (κ3) is 4.15. The Morgan fingerprint density at radius 3 is 2.57 bits per heavy atom. The third-order valence-electron chi connectivity index (χ3n) is 3.65. The normalized spacial score (nSPS) is 16.5. The number of morpholine rings is 1. The molecule has 2 aromatic rings. The number of ether oxygens (including phenoxy) is 1. The minimum absolute atomic E-state index is 0.336. The molecule has 1 fully saturated rings. The highest BCUT2D eigenvalue weighted by Crippen LogP contribution is 2.17. The van der Waals surface area contributed by atoms with Crippen LogP contribution in [0.4, 0.5) is 0 Å². The highest BCUT2D eigenvalue weighted by Gasteiger charge is 2.25. The number of hydrogen-bond acceptors (Lipinski definition) is 6. The molecule has 23 heavy (non-hydrogen) atoms. The monoisotopic (exact) mass is 353 g/mol. The second-order valence-electron chi connectivity index (χ2n) is 5.24. The van der Waals surface area contributed by atoms with E-state index in [9.17, 15) is 8.42 Å². The Kier molecular flexibility index (Phi) is 5.39. The van der Waals surface area contributed by atoms with Crippen molar-refractivity contribution >= 4 is 21.4 Å². The molecule has 0 saturated carbocycles. The third-order valence-corrected chi connectivity index (χ3v) is 6.20. The molecule has 8 heteroatoms. The number of aromatic nitrogens is 1. The van der Waals surface area contributed by atoms with Crippen LogP contribution in [0.3, 0.4) is 0 Å². The van der Waals surface area contributed by atoms with Gasteiger partial charge in [-0.3, -0.25) is 0 Å². The Morgan fingerprint density at radius 1 is 1.17 bits per heavy atom. The van der Waals surface area contributed by atoms with E-state index in [1.807, 2.05) is 23.0 Å². The van der Waals surface area contributed by atoms with Crippen LogP contribution in [0.5, 0.6) is 0 Å². The molecule has 3 rings (SSSR count). The summed E-state index contributed by atoms with van der Waals surface area (Å²) < 4.78 is 31.7. The Balaban J connectivity index is 1.59. The van der Waals surface area contributed by atoms with Gasteiger partial charge in [0, 0.05) is 31.6 Å². The molecule has 1 aliphatic rings. The van der Waals surface area contributed by atoms with Crippen LogP contribution in [-0.2, 0) is 27.8 Å². The molecule has 0 unspecified atom stereocenters. The number of nitrogens with zero attached hydrogens (tertiary/aromatic N) is 2. The minimum Gasteiger partial charge on any atom is -0.379 e. The van der Waals surface area contributed by atoms with E-state index in [0.717, 1.165) is 11.3 Å². The molecule has 0 atom stereocenters.